The zero-order valence-corrected chi connectivity index (χ0v) is 18.0. The van der Waals surface area contributed by atoms with Crippen LogP contribution < -0.4 is 21.5 Å². The van der Waals surface area contributed by atoms with E-state index in [1.807, 2.05) is 24.3 Å². The first-order valence-electron chi connectivity index (χ1n) is 10.2. The summed E-state index contributed by atoms with van der Waals surface area (Å²) in [6.07, 6.45) is 0. The van der Waals surface area contributed by atoms with Gasteiger partial charge in [-0.1, -0.05) is 23.7 Å². The van der Waals surface area contributed by atoms with Crippen LogP contribution in [0.3, 0.4) is 0 Å². The number of hydrogen-bond donors (Lipinski definition) is 2. The number of rotatable bonds is 5. The number of carbonyl (C=O) groups excluding carboxylic acids is 2. The third-order valence-electron chi connectivity index (χ3n) is 5.45. The highest BCUT2D eigenvalue weighted by molar-refractivity contribution is 6.30. The summed E-state index contributed by atoms with van der Waals surface area (Å²) in [6.45, 7) is 1.74. The van der Waals surface area contributed by atoms with Gasteiger partial charge in [-0.15, -0.1) is 0 Å². The van der Waals surface area contributed by atoms with Gasteiger partial charge in [0.05, 0.1) is 17.4 Å². The summed E-state index contributed by atoms with van der Waals surface area (Å²) in [5, 5.41) is 3.50. The molecule has 2 N–H and O–H groups in total. The van der Waals surface area contributed by atoms with Gasteiger partial charge in [0.1, 0.15) is 6.54 Å². The van der Waals surface area contributed by atoms with Crippen molar-refractivity contribution in [3.63, 3.8) is 0 Å². The molecule has 1 fully saturated rings. The van der Waals surface area contributed by atoms with E-state index in [0.29, 0.717) is 42.1 Å². The zero-order chi connectivity index (χ0) is 22.7. The second-order valence-corrected chi connectivity index (χ2v) is 7.92. The molecule has 1 aromatic heterocycles. The molecule has 32 heavy (non-hydrogen) atoms. The Morgan fingerprint density at radius 1 is 0.969 bits per heavy atom. The fourth-order valence-electron chi connectivity index (χ4n) is 3.69. The molecule has 0 aliphatic carbocycles. The van der Waals surface area contributed by atoms with Gasteiger partial charge in [-0.05, 0) is 36.4 Å². The second kappa shape index (κ2) is 9.27. The summed E-state index contributed by atoms with van der Waals surface area (Å²) in [5.41, 5.74) is 0.227. The second-order valence-electron chi connectivity index (χ2n) is 7.49. The normalized spacial score (nSPS) is 13.9. The summed E-state index contributed by atoms with van der Waals surface area (Å²) in [4.78, 5) is 55.9. The average molecular weight is 456 g/mol. The summed E-state index contributed by atoms with van der Waals surface area (Å²) >= 11 is 5.93. The van der Waals surface area contributed by atoms with Crippen LogP contribution in [-0.4, -0.2) is 59.0 Å². The van der Waals surface area contributed by atoms with Gasteiger partial charge in [0.2, 0.25) is 11.8 Å². The first-order chi connectivity index (χ1) is 15.4. The molecule has 2 aromatic carbocycles. The highest BCUT2D eigenvalue weighted by Gasteiger charge is 2.22. The van der Waals surface area contributed by atoms with Gasteiger partial charge in [-0.2, -0.15) is 0 Å². The standard InChI is InChI=1S/C22H22ClN5O4/c23-15-5-7-16(8-6-15)26-9-11-27(12-10-26)20(30)13-24-19(29)14-28-21(31)17-3-1-2-4-18(17)25-22(28)32/h1-8H,9-14H2,(H,24,29)(H,25,32). The van der Waals surface area contributed by atoms with Crippen LogP contribution in [0.1, 0.15) is 0 Å². The van der Waals surface area contributed by atoms with Crippen molar-refractivity contribution in [3.8, 4) is 0 Å². The lowest BCUT2D eigenvalue weighted by atomic mass is 10.2. The van der Waals surface area contributed by atoms with Crippen molar-refractivity contribution in [1.82, 2.24) is 19.8 Å². The van der Waals surface area contributed by atoms with Gasteiger partial charge >= 0.3 is 5.69 Å². The Morgan fingerprint density at radius 2 is 1.66 bits per heavy atom. The van der Waals surface area contributed by atoms with E-state index >= 15 is 0 Å². The number of nitrogens with zero attached hydrogens (tertiary/aromatic N) is 3. The largest absolute Gasteiger partial charge is 0.368 e. The molecule has 3 aromatic rings. The molecular weight excluding hydrogens is 434 g/mol. The molecule has 166 valence electrons. The van der Waals surface area contributed by atoms with Gasteiger partial charge in [0, 0.05) is 36.9 Å². The Bertz CT molecular complexity index is 1260. The van der Waals surface area contributed by atoms with E-state index in [1.165, 1.54) is 0 Å². The van der Waals surface area contributed by atoms with E-state index < -0.39 is 23.7 Å². The molecule has 1 saturated heterocycles. The van der Waals surface area contributed by atoms with Crippen LogP contribution in [0, 0.1) is 0 Å². The lowest BCUT2D eigenvalue weighted by Crippen LogP contribution is -2.51. The number of piperazine rings is 1. The van der Waals surface area contributed by atoms with Gasteiger partial charge in [-0.25, -0.2) is 4.79 Å². The van der Waals surface area contributed by atoms with E-state index in [-0.39, 0.29) is 12.5 Å². The predicted molar refractivity (Wildman–Crippen MR) is 122 cm³/mol. The third kappa shape index (κ3) is 4.67. The minimum absolute atomic E-state index is 0.194. The van der Waals surface area contributed by atoms with Crippen LogP contribution in [-0.2, 0) is 16.1 Å². The zero-order valence-electron chi connectivity index (χ0n) is 17.2. The predicted octanol–water partition coefficient (Wildman–Crippen LogP) is 0.808. The third-order valence-corrected chi connectivity index (χ3v) is 5.70. The number of carbonyl (C=O) groups is 2. The van der Waals surface area contributed by atoms with Gasteiger partial charge in [0.15, 0.2) is 0 Å². The SMILES string of the molecule is O=C(Cn1c(=O)[nH]c2ccccc2c1=O)NCC(=O)N1CCN(c2ccc(Cl)cc2)CC1. The Labute approximate surface area is 188 Å². The van der Waals surface area contributed by atoms with E-state index in [2.05, 4.69) is 15.2 Å². The summed E-state index contributed by atoms with van der Waals surface area (Å²) in [6, 6.07) is 14.1. The average Bonchev–Trinajstić information content (AvgIpc) is 2.81. The van der Waals surface area contributed by atoms with Crippen molar-refractivity contribution in [1.29, 1.82) is 0 Å². The molecule has 0 spiro atoms. The van der Waals surface area contributed by atoms with E-state index in [4.69, 9.17) is 11.6 Å². The number of aromatic amines is 1. The molecule has 0 radical (unpaired) electrons. The lowest BCUT2D eigenvalue weighted by Gasteiger charge is -2.36. The number of para-hydroxylation sites is 1. The number of hydrogen-bond acceptors (Lipinski definition) is 5. The molecule has 9 nitrogen and oxygen atoms in total. The number of anilines is 1. The van der Waals surface area contributed by atoms with Crippen molar-refractivity contribution < 1.29 is 9.59 Å². The number of aromatic nitrogens is 2. The summed E-state index contributed by atoms with van der Waals surface area (Å²) in [5.74, 6) is -0.796. The highest BCUT2D eigenvalue weighted by Crippen LogP contribution is 2.19. The van der Waals surface area contributed by atoms with Crippen molar-refractivity contribution in [2.75, 3.05) is 37.6 Å². The van der Waals surface area contributed by atoms with Crippen LogP contribution in [0.5, 0.6) is 0 Å². The number of amides is 2. The number of nitrogens with one attached hydrogen (secondary N) is 2. The Morgan fingerprint density at radius 3 is 2.38 bits per heavy atom. The monoisotopic (exact) mass is 455 g/mol. The maximum Gasteiger partial charge on any atom is 0.329 e. The molecule has 0 unspecified atom stereocenters. The van der Waals surface area contributed by atoms with E-state index in [9.17, 15) is 19.2 Å². The van der Waals surface area contributed by atoms with Crippen LogP contribution in [0.15, 0.2) is 58.1 Å². The fraction of sp³-hybridized carbons (Fsp3) is 0.273. The van der Waals surface area contributed by atoms with E-state index in [1.54, 1.807) is 29.2 Å². The Balaban J connectivity index is 1.31. The fourth-order valence-corrected chi connectivity index (χ4v) is 3.82. The molecule has 10 heteroatoms. The first-order valence-corrected chi connectivity index (χ1v) is 10.6. The van der Waals surface area contributed by atoms with Gasteiger partial charge in [0.25, 0.3) is 5.56 Å². The maximum absolute atomic E-state index is 12.5. The molecular formula is C22H22ClN5O4. The van der Waals surface area contributed by atoms with Crippen LogP contribution in [0.2, 0.25) is 5.02 Å². The topological polar surface area (TPSA) is 108 Å². The van der Waals surface area contributed by atoms with Crippen molar-refractivity contribution in [2.24, 2.45) is 0 Å². The van der Waals surface area contributed by atoms with Crippen molar-refractivity contribution in [3.05, 3.63) is 74.4 Å². The maximum atomic E-state index is 12.5. The van der Waals surface area contributed by atoms with Crippen LogP contribution >= 0.6 is 11.6 Å². The summed E-state index contributed by atoms with van der Waals surface area (Å²) in [7, 11) is 0. The summed E-state index contributed by atoms with van der Waals surface area (Å²) < 4.78 is 0.826. The first kappa shape index (κ1) is 21.6. The minimum atomic E-state index is -0.673. The Kier molecular flexibility index (Phi) is 6.27. The quantitative estimate of drug-likeness (QED) is 0.592. The lowest BCUT2D eigenvalue weighted by molar-refractivity contribution is -0.133. The number of halogens is 1. The molecule has 4 rings (SSSR count). The molecule has 1 aliphatic rings. The smallest absolute Gasteiger partial charge is 0.329 e. The number of H-pyrrole nitrogens is 1. The van der Waals surface area contributed by atoms with E-state index in [0.717, 1.165) is 10.3 Å². The van der Waals surface area contributed by atoms with Crippen molar-refractivity contribution in [2.45, 2.75) is 6.54 Å². The van der Waals surface area contributed by atoms with Crippen LogP contribution in [0.25, 0.3) is 10.9 Å². The van der Waals surface area contributed by atoms with Gasteiger partial charge < -0.3 is 20.1 Å². The van der Waals surface area contributed by atoms with Crippen LogP contribution in [0.4, 0.5) is 5.69 Å². The molecule has 0 atom stereocenters. The number of benzene rings is 2. The Hall–Kier alpha value is -3.59. The van der Waals surface area contributed by atoms with Gasteiger partial charge in [-0.3, -0.25) is 19.0 Å². The number of fused-ring (bicyclic) bond motifs is 1. The minimum Gasteiger partial charge on any atom is -0.368 e. The molecule has 0 saturated carbocycles. The molecule has 0 bridgehead atoms. The molecule has 2 heterocycles. The highest BCUT2D eigenvalue weighted by atomic mass is 35.5. The molecule has 2 amide bonds. The van der Waals surface area contributed by atoms with Crippen molar-refractivity contribution >= 4 is 40.0 Å². The molecule has 1 aliphatic heterocycles.